The molecular formula is C19H16ClN3O2. The Balaban J connectivity index is 1.85. The molecule has 5 nitrogen and oxygen atoms in total. The minimum absolute atomic E-state index is 0.250. The van der Waals surface area contributed by atoms with Crippen molar-refractivity contribution in [3.8, 4) is 23.3 Å². The molecule has 1 heterocycles. The van der Waals surface area contributed by atoms with Crippen LogP contribution in [0.4, 0.5) is 0 Å². The van der Waals surface area contributed by atoms with Crippen molar-refractivity contribution in [2.45, 2.75) is 13.5 Å². The highest BCUT2D eigenvalue weighted by atomic mass is 35.5. The van der Waals surface area contributed by atoms with E-state index in [1.807, 2.05) is 37.3 Å². The predicted octanol–water partition coefficient (Wildman–Crippen LogP) is 4.29. The lowest BCUT2D eigenvalue weighted by molar-refractivity contribution is 0.284. The molecule has 0 radical (unpaired) electrons. The standard InChI is InChI=1S/C19H16ClN3O2/c1-13-16(19(20)23(22-13)15-6-4-3-5-7-15)12-25-17-9-8-14(11-21)10-18(17)24-2/h3-10H,12H2,1-2H3. The Kier molecular flexibility index (Phi) is 4.92. The summed E-state index contributed by atoms with van der Waals surface area (Å²) in [4.78, 5) is 0. The number of aryl methyl sites for hydroxylation is 1. The van der Waals surface area contributed by atoms with Gasteiger partial charge in [0.2, 0.25) is 0 Å². The van der Waals surface area contributed by atoms with Crippen molar-refractivity contribution in [3.05, 3.63) is 70.5 Å². The number of benzene rings is 2. The minimum atomic E-state index is 0.250. The van der Waals surface area contributed by atoms with Crippen LogP contribution in [0.3, 0.4) is 0 Å². The lowest BCUT2D eigenvalue weighted by Crippen LogP contribution is -2.00. The Morgan fingerprint density at radius 3 is 2.60 bits per heavy atom. The van der Waals surface area contributed by atoms with Crippen LogP contribution >= 0.6 is 11.6 Å². The first-order chi connectivity index (χ1) is 12.1. The van der Waals surface area contributed by atoms with Crippen molar-refractivity contribution in [2.24, 2.45) is 0 Å². The van der Waals surface area contributed by atoms with E-state index in [0.29, 0.717) is 22.2 Å². The number of nitriles is 1. The van der Waals surface area contributed by atoms with Crippen molar-refractivity contribution >= 4 is 11.6 Å². The van der Waals surface area contributed by atoms with Crippen LogP contribution in [0.1, 0.15) is 16.8 Å². The highest BCUT2D eigenvalue weighted by Gasteiger charge is 2.16. The Labute approximate surface area is 151 Å². The predicted molar refractivity (Wildman–Crippen MR) is 95.4 cm³/mol. The zero-order valence-electron chi connectivity index (χ0n) is 13.9. The van der Waals surface area contributed by atoms with E-state index >= 15 is 0 Å². The zero-order valence-corrected chi connectivity index (χ0v) is 14.6. The fourth-order valence-corrected chi connectivity index (χ4v) is 2.77. The molecule has 6 heteroatoms. The molecule has 2 aromatic carbocycles. The molecule has 0 aliphatic heterocycles. The highest BCUT2D eigenvalue weighted by Crippen LogP contribution is 2.30. The number of rotatable bonds is 5. The lowest BCUT2D eigenvalue weighted by Gasteiger charge is -2.11. The highest BCUT2D eigenvalue weighted by molar-refractivity contribution is 6.30. The molecule has 0 N–H and O–H groups in total. The molecule has 0 aliphatic carbocycles. The SMILES string of the molecule is COc1cc(C#N)ccc1OCc1c(C)nn(-c2ccccc2)c1Cl. The summed E-state index contributed by atoms with van der Waals surface area (Å²) in [5.74, 6) is 1.05. The third kappa shape index (κ3) is 3.44. The van der Waals surface area contributed by atoms with Gasteiger partial charge in [0.25, 0.3) is 0 Å². The Hall–Kier alpha value is -2.97. The van der Waals surface area contributed by atoms with E-state index in [2.05, 4.69) is 11.2 Å². The van der Waals surface area contributed by atoms with Gasteiger partial charge in [0.05, 0.1) is 30.1 Å². The molecule has 0 fully saturated rings. The van der Waals surface area contributed by atoms with Crippen molar-refractivity contribution in [3.63, 3.8) is 0 Å². The van der Waals surface area contributed by atoms with Crippen molar-refractivity contribution in [2.75, 3.05) is 7.11 Å². The summed E-state index contributed by atoms with van der Waals surface area (Å²) in [5, 5.41) is 14.0. The third-order valence-corrected chi connectivity index (χ3v) is 4.18. The molecule has 3 rings (SSSR count). The second-order valence-corrected chi connectivity index (χ2v) is 5.73. The third-order valence-electron chi connectivity index (χ3n) is 3.79. The average molecular weight is 354 g/mol. The first-order valence-electron chi connectivity index (χ1n) is 7.64. The number of nitrogens with zero attached hydrogens (tertiary/aromatic N) is 3. The molecule has 0 unspecified atom stereocenters. The Bertz CT molecular complexity index is 930. The van der Waals surface area contributed by atoms with Gasteiger partial charge in [-0.05, 0) is 31.2 Å². The molecule has 126 valence electrons. The van der Waals surface area contributed by atoms with Crippen molar-refractivity contribution in [1.82, 2.24) is 9.78 Å². The van der Waals surface area contributed by atoms with Crippen molar-refractivity contribution in [1.29, 1.82) is 5.26 Å². The number of hydrogen-bond acceptors (Lipinski definition) is 4. The molecule has 0 aliphatic rings. The van der Waals surface area contributed by atoms with E-state index in [1.165, 1.54) is 7.11 Å². The molecule has 0 bridgehead atoms. The summed E-state index contributed by atoms with van der Waals surface area (Å²) in [6.07, 6.45) is 0. The summed E-state index contributed by atoms with van der Waals surface area (Å²) in [7, 11) is 1.54. The normalized spacial score (nSPS) is 10.3. The van der Waals surface area contributed by atoms with Crippen LogP contribution < -0.4 is 9.47 Å². The minimum Gasteiger partial charge on any atom is -0.493 e. The van der Waals surface area contributed by atoms with Crippen LogP contribution in [0, 0.1) is 18.3 Å². The molecule has 25 heavy (non-hydrogen) atoms. The second kappa shape index (κ2) is 7.29. The molecule has 0 amide bonds. The summed E-state index contributed by atoms with van der Waals surface area (Å²) >= 11 is 6.50. The van der Waals surface area contributed by atoms with Gasteiger partial charge in [-0.2, -0.15) is 10.4 Å². The van der Waals surface area contributed by atoms with E-state index in [-0.39, 0.29) is 6.61 Å². The lowest BCUT2D eigenvalue weighted by atomic mass is 10.2. The van der Waals surface area contributed by atoms with Crippen LogP contribution in [-0.4, -0.2) is 16.9 Å². The van der Waals surface area contributed by atoms with E-state index in [9.17, 15) is 0 Å². The summed E-state index contributed by atoms with van der Waals surface area (Å²) in [6, 6.07) is 16.8. The first kappa shape index (κ1) is 16.9. The zero-order chi connectivity index (χ0) is 17.8. The van der Waals surface area contributed by atoms with Crippen LogP contribution in [0.2, 0.25) is 5.15 Å². The monoisotopic (exact) mass is 353 g/mol. The summed E-state index contributed by atoms with van der Waals surface area (Å²) in [6.45, 7) is 2.14. The average Bonchev–Trinajstić information content (AvgIpc) is 2.94. The molecule has 0 saturated carbocycles. The van der Waals surface area contributed by atoms with Gasteiger partial charge in [-0.15, -0.1) is 0 Å². The van der Waals surface area contributed by atoms with Gasteiger partial charge in [0.15, 0.2) is 11.5 Å². The van der Waals surface area contributed by atoms with Gasteiger partial charge in [-0.1, -0.05) is 29.8 Å². The quantitative estimate of drug-likeness (QED) is 0.686. The van der Waals surface area contributed by atoms with Crippen molar-refractivity contribution < 1.29 is 9.47 Å². The van der Waals surface area contributed by atoms with Gasteiger partial charge in [-0.25, -0.2) is 4.68 Å². The maximum Gasteiger partial charge on any atom is 0.162 e. The number of hydrogen-bond donors (Lipinski definition) is 0. The Morgan fingerprint density at radius 2 is 1.92 bits per heavy atom. The van der Waals surface area contributed by atoms with Crippen LogP contribution in [-0.2, 0) is 6.61 Å². The number of para-hydroxylation sites is 1. The fourth-order valence-electron chi connectivity index (χ4n) is 2.44. The van der Waals surface area contributed by atoms with Crippen LogP contribution in [0.15, 0.2) is 48.5 Å². The maximum absolute atomic E-state index is 8.97. The molecule has 0 saturated heterocycles. The number of methoxy groups -OCH3 is 1. The van der Waals surface area contributed by atoms with Gasteiger partial charge in [0.1, 0.15) is 11.8 Å². The van der Waals surface area contributed by atoms with Gasteiger partial charge < -0.3 is 9.47 Å². The van der Waals surface area contributed by atoms with E-state index < -0.39 is 0 Å². The number of aromatic nitrogens is 2. The van der Waals surface area contributed by atoms with Crippen LogP contribution in [0.5, 0.6) is 11.5 Å². The topological polar surface area (TPSA) is 60.1 Å². The fraction of sp³-hybridized carbons (Fsp3) is 0.158. The molecule has 0 atom stereocenters. The molecular weight excluding hydrogens is 338 g/mol. The van der Waals surface area contributed by atoms with E-state index in [1.54, 1.807) is 22.9 Å². The number of ether oxygens (including phenoxy) is 2. The van der Waals surface area contributed by atoms with Gasteiger partial charge >= 0.3 is 0 Å². The van der Waals surface area contributed by atoms with Gasteiger partial charge in [0, 0.05) is 11.6 Å². The second-order valence-electron chi connectivity index (χ2n) is 5.37. The summed E-state index contributed by atoms with van der Waals surface area (Å²) < 4.78 is 12.8. The van der Waals surface area contributed by atoms with E-state index in [4.69, 9.17) is 26.3 Å². The van der Waals surface area contributed by atoms with Gasteiger partial charge in [-0.3, -0.25) is 0 Å². The summed E-state index contributed by atoms with van der Waals surface area (Å²) in [5.41, 5.74) is 2.99. The first-order valence-corrected chi connectivity index (χ1v) is 8.02. The smallest absolute Gasteiger partial charge is 0.162 e. The van der Waals surface area contributed by atoms with Crippen LogP contribution in [0.25, 0.3) is 5.69 Å². The maximum atomic E-state index is 8.97. The molecule has 3 aromatic rings. The van der Waals surface area contributed by atoms with E-state index in [0.717, 1.165) is 16.9 Å². The molecule has 1 aromatic heterocycles. The largest absolute Gasteiger partial charge is 0.493 e. The molecule has 0 spiro atoms. The Morgan fingerprint density at radius 1 is 1.16 bits per heavy atom. The number of halogens is 1.